The molecule has 0 saturated carbocycles. The molecule has 5 heteroatoms. The van der Waals surface area contributed by atoms with E-state index >= 15 is 0 Å². The third-order valence-corrected chi connectivity index (χ3v) is 5.15. The molecule has 1 N–H and O–H groups in total. The quantitative estimate of drug-likeness (QED) is 0.923. The van der Waals surface area contributed by atoms with Crippen molar-refractivity contribution in [2.45, 2.75) is 25.3 Å². The molecule has 1 aromatic heterocycles. The number of carbonyl (C=O) groups excluding carboxylic acids is 1. The number of hydrogen-bond donors (Lipinski definition) is 1. The Morgan fingerprint density at radius 3 is 3.04 bits per heavy atom. The number of H-pyrrole nitrogens is 1. The molecule has 0 unspecified atom stereocenters. The first kappa shape index (κ1) is 14.5. The first-order valence-corrected chi connectivity index (χ1v) is 8.33. The van der Waals surface area contributed by atoms with Crippen LogP contribution >= 0.6 is 0 Å². The van der Waals surface area contributed by atoms with Crippen LogP contribution in [-0.4, -0.2) is 52.4 Å². The van der Waals surface area contributed by atoms with Gasteiger partial charge in [-0.05, 0) is 43.5 Å². The number of aryl methyl sites for hydroxylation is 1. The number of carbonyl (C=O) groups is 1. The van der Waals surface area contributed by atoms with Crippen molar-refractivity contribution in [1.82, 2.24) is 19.8 Å². The van der Waals surface area contributed by atoms with Crippen LogP contribution in [-0.2, 0) is 12.8 Å². The Labute approximate surface area is 136 Å². The zero-order valence-electron chi connectivity index (χ0n) is 13.5. The maximum Gasteiger partial charge on any atom is 0.254 e. The van der Waals surface area contributed by atoms with Crippen LogP contribution in [0.4, 0.5) is 0 Å². The highest BCUT2D eigenvalue weighted by Gasteiger charge is 2.31. The van der Waals surface area contributed by atoms with E-state index in [1.165, 1.54) is 11.1 Å². The van der Waals surface area contributed by atoms with Crippen molar-refractivity contribution in [3.8, 4) is 0 Å². The van der Waals surface area contributed by atoms with E-state index in [1.807, 2.05) is 23.2 Å². The summed E-state index contributed by atoms with van der Waals surface area (Å²) in [5, 5.41) is 0. The van der Waals surface area contributed by atoms with E-state index in [-0.39, 0.29) is 11.9 Å². The number of aromatic nitrogens is 2. The fraction of sp³-hybridized carbons (Fsp3) is 0.444. The number of likely N-dealkylation sites (N-methyl/N-ethyl adjacent to an activating group) is 1. The van der Waals surface area contributed by atoms with Crippen LogP contribution in [0.2, 0.25) is 0 Å². The SMILES string of the molecule is CN1CCN(C(=O)c2cccc3c2CCC3)C[C@H]1c1ncc[nH]1. The van der Waals surface area contributed by atoms with Gasteiger partial charge in [0.1, 0.15) is 5.82 Å². The molecule has 23 heavy (non-hydrogen) atoms. The molecule has 2 aliphatic rings. The van der Waals surface area contributed by atoms with Crippen molar-refractivity contribution in [3.05, 3.63) is 53.1 Å². The second-order valence-corrected chi connectivity index (χ2v) is 6.52. The highest BCUT2D eigenvalue weighted by Crippen LogP contribution is 2.28. The number of benzene rings is 1. The third kappa shape index (κ3) is 2.55. The molecule has 1 fully saturated rings. The van der Waals surface area contributed by atoms with Gasteiger partial charge in [0, 0.05) is 37.6 Å². The van der Waals surface area contributed by atoms with Gasteiger partial charge in [-0.1, -0.05) is 12.1 Å². The number of imidazole rings is 1. The molecule has 1 amide bonds. The van der Waals surface area contributed by atoms with Gasteiger partial charge in [-0.15, -0.1) is 0 Å². The zero-order valence-corrected chi connectivity index (χ0v) is 13.5. The summed E-state index contributed by atoms with van der Waals surface area (Å²) in [7, 11) is 2.09. The summed E-state index contributed by atoms with van der Waals surface area (Å²) < 4.78 is 0. The number of amides is 1. The molecule has 120 valence electrons. The van der Waals surface area contributed by atoms with Gasteiger partial charge in [0.15, 0.2) is 0 Å². The van der Waals surface area contributed by atoms with Crippen molar-refractivity contribution >= 4 is 5.91 Å². The molecule has 1 aliphatic carbocycles. The van der Waals surface area contributed by atoms with Gasteiger partial charge in [0.25, 0.3) is 5.91 Å². The average Bonchev–Trinajstić information content (AvgIpc) is 3.25. The third-order valence-electron chi connectivity index (χ3n) is 5.15. The van der Waals surface area contributed by atoms with Crippen molar-refractivity contribution < 1.29 is 4.79 Å². The van der Waals surface area contributed by atoms with E-state index in [0.717, 1.165) is 43.7 Å². The molecule has 5 nitrogen and oxygen atoms in total. The van der Waals surface area contributed by atoms with Crippen LogP contribution in [0.3, 0.4) is 0 Å². The van der Waals surface area contributed by atoms with E-state index in [2.05, 4.69) is 28.0 Å². The van der Waals surface area contributed by atoms with E-state index in [4.69, 9.17) is 0 Å². The molecule has 1 atom stereocenters. The first-order valence-electron chi connectivity index (χ1n) is 8.33. The van der Waals surface area contributed by atoms with Crippen molar-refractivity contribution in [1.29, 1.82) is 0 Å². The summed E-state index contributed by atoms with van der Waals surface area (Å²) in [6.45, 7) is 2.33. The Hall–Kier alpha value is -2.14. The minimum atomic E-state index is 0.138. The standard InChI is InChI=1S/C18H22N4O/c1-21-10-11-22(12-16(21)17-19-8-9-20-17)18(23)15-7-3-5-13-4-2-6-14(13)15/h3,5,7-9,16H,2,4,6,10-12H2,1H3,(H,19,20)/t16-/m0/s1. The van der Waals surface area contributed by atoms with Crippen molar-refractivity contribution in [2.24, 2.45) is 0 Å². The molecule has 1 saturated heterocycles. The minimum Gasteiger partial charge on any atom is -0.347 e. The Morgan fingerprint density at radius 1 is 1.30 bits per heavy atom. The van der Waals surface area contributed by atoms with Gasteiger partial charge < -0.3 is 9.88 Å². The maximum absolute atomic E-state index is 13.1. The Morgan fingerprint density at radius 2 is 2.22 bits per heavy atom. The van der Waals surface area contributed by atoms with Crippen LogP contribution in [0.1, 0.15) is 39.8 Å². The smallest absolute Gasteiger partial charge is 0.254 e. The lowest BCUT2D eigenvalue weighted by atomic mass is 10.0. The van der Waals surface area contributed by atoms with E-state index < -0.39 is 0 Å². The van der Waals surface area contributed by atoms with Crippen LogP contribution in [0.5, 0.6) is 0 Å². The molecule has 1 aliphatic heterocycles. The number of piperazine rings is 1. The zero-order chi connectivity index (χ0) is 15.8. The number of fused-ring (bicyclic) bond motifs is 1. The topological polar surface area (TPSA) is 52.2 Å². The Bertz CT molecular complexity index is 710. The lowest BCUT2D eigenvalue weighted by Crippen LogP contribution is -2.49. The normalized spacial score (nSPS) is 21.4. The molecular formula is C18H22N4O. The Kier molecular flexibility index (Phi) is 3.65. The largest absolute Gasteiger partial charge is 0.347 e. The maximum atomic E-state index is 13.1. The summed E-state index contributed by atoms with van der Waals surface area (Å²) in [5.41, 5.74) is 3.53. The number of aromatic amines is 1. The minimum absolute atomic E-state index is 0.138. The monoisotopic (exact) mass is 310 g/mol. The predicted octanol–water partition coefficient (Wildman–Crippen LogP) is 2.03. The van der Waals surface area contributed by atoms with Gasteiger partial charge in [-0.2, -0.15) is 0 Å². The highest BCUT2D eigenvalue weighted by molar-refractivity contribution is 5.96. The van der Waals surface area contributed by atoms with E-state index in [0.29, 0.717) is 6.54 Å². The van der Waals surface area contributed by atoms with E-state index in [1.54, 1.807) is 6.20 Å². The molecule has 0 spiro atoms. The first-order chi connectivity index (χ1) is 11.2. The second-order valence-electron chi connectivity index (χ2n) is 6.52. The average molecular weight is 310 g/mol. The van der Waals surface area contributed by atoms with Crippen molar-refractivity contribution in [3.63, 3.8) is 0 Å². The molecule has 0 bridgehead atoms. The van der Waals surface area contributed by atoms with Crippen LogP contribution in [0, 0.1) is 0 Å². The fourth-order valence-corrected chi connectivity index (χ4v) is 3.80. The van der Waals surface area contributed by atoms with Gasteiger partial charge in [-0.25, -0.2) is 4.98 Å². The van der Waals surface area contributed by atoms with Gasteiger partial charge in [0.05, 0.1) is 6.04 Å². The summed E-state index contributed by atoms with van der Waals surface area (Å²) in [6.07, 6.45) is 6.92. The summed E-state index contributed by atoms with van der Waals surface area (Å²) in [6, 6.07) is 6.32. The molecule has 1 aromatic carbocycles. The summed E-state index contributed by atoms with van der Waals surface area (Å²) >= 11 is 0. The number of hydrogen-bond acceptors (Lipinski definition) is 3. The lowest BCUT2D eigenvalue weighted by Gasteiger charge is -2.38. The van der Waals surface area contributed by atoms with Crippen LogP contribution < -0.4 is 0 Å². The van der Waals surface area contributed by atoms with E-state index in [9.17, 15) is 4.79 Å². The van der Waals surface area contributed by atoms with Crippen LogP contribution in [0.15, 0.2) is 30.6 Å². The molecule has 2 aromatic rings. The van der Waals surface area contributed by atoms with Gasteiger partial charge in [-0.3, -0.25) is 9.69 Å². The molecule has 0 radical (unpaired) electrons. The second kappa shape index (κ2) is 5.81. The fourth-order valence-electron chi connectivity index (χ4n) is 3.80. The number of rotatable bonds is 2. The summed E-state index contributed by atoms with van der Waals surface area (Å²) in [5.74, 6) is 1.11. The number of nitrogens with one attached hydrogen (secondary N) is 1. The Balaban J connectivity index is 1.59. The predicted molar refractivity (Wildman–Crippen MR) is 88.3 cm³/mol. The number of nitrogens with zero attached hydrogens (tertiary/aromatic N) is 3. The summed E-state index contributed by atoms with van der Waals surface area (Å²) in [4.78, 5) is 24.9. The van der Waals surface area contributed by atoms with Crippen molar-refractivity contribution in [2.75, 3.05) is 26.7 Å². The lowest BCUT2D eigenvalue weighted by molar-refractivity contribution is 0.0533. The highest BCUT2D eigenvalue weighted by atomic mass is 16.2. The van der Waals surface area contributed by atoms with Gasteiger partial charge in [0.2, 0.25) is 0 Å². The van der Waals surface area contributed by atoms with Crippen LogP contribution in [0.25, 0.3) is 0 Å². The van der Waals surface area contributed by atoms with Gasteiger partial charge >= 0.3 is 0 Å². The molecule has 2 heterocycles. The molecular weight excluding hydrogens is 288 g/mol. The molecule has 4 rings (SSSR count).